The molecule has 3 aromatic rings. The van der Waals surface area contributed by atoms with Gasteiger partial charge >= 0.3 is 0 Å². The summed E-state index contributed by atoms with van der Waals surface area (Å²) >= 11 is 6.02. The van der Waals surface area contributed by atoms with Crippen LogP contribution in [0.15, 0.2) is 35.6 Å². The number of nitrogens with one attached hydrogen (secondary N) is 2. The van der Waals surface area contributed by atoms with Gasteiger partial charge in [-0.05, 0) is 50.8 Å². The lowest BCUT2D eigenvalue weighted by atomic mass is 9.90. The fourth-order valence-corrected chi connectivity index (χ4v) is 4.51. The molecule has 0 saturated heterocycles. The van der Waals surface area contributed by atoms with Crippen molar-refractivity contribution in [1.82, 2.24) is 24.8 Å². The van der Waals surface area contributed by atoms with Gasteiger partial charge in [0.1, 0.15) is 23.2 Å². The number of halogens is 1. The lowest BCUT2D eigenvalue weighted by Gasteiger charge is -2.33. The maximum atomic E-state index is 12.8. The number of amides is 1. The minimum atomic E-state index is -0.225. The van der Waals surface area contributed by atoms with Crippen molar-refractivity contribution in [3.63, 3.8) is 0 Å². The molecular formula is C23H28ClN9O. The molecule has 4 rings (SSSR count). The third-order valence-corrected chi connectivity index (χ3v) is 6.38. The van der Waals surface area contributed by atoms with Crippen molar-refractivity contribution in [2.24, 2.45) is 10.7 Å². The van der Waals surface area contributed by atoms with Gasteiger partial charge in [-0.1, -0.05) is 11.6 Å². The Morgan fingerprint density at radius 1 is 1.38 bits per heavy atom. The number of hydrogen-bond acceptors (Lipinski definition) is 6. The first kappa shape index (κ1) is 23.6. The van der Waals surface area contributed by atoms with E-state index in [4.69, 9.17) is 27.7 Å². The van der Waals surface area contributed by atoms with Crippen LogP contribution in [0.2, 0.25) is 5.02 Å². The van der Waals surface area contributed by atoms with Crippen molar-refractivity contribution >= 4 is 46.7 Å². The van der Waals surface area contributed by atoms with E-state index >= 15 is 0 Å². The summed E-state index contributed by atoms with van der Waals surface area (Å²) in [5.74, 6) is 0.794. The standard InChI is InChI=1S/C23H28ClN9O/c1-3-32(2)23-31-19-12-28-17(21(26)29-13-25)11-20(19)33(23)16-6-4-5-15(10-16)30-22(34)18-9-14(24)7-8-27-18/h7-9,11-13,15-16H,3-6,10H2,1-2H3,(H,30,34)(H3,25,26,29). The van der Waals surface area contributed by atoms with Crippen LogP contribution in [0.25, 0.3) is 11.0 Å². The Labute approximate surface area is 202 Å². The van der Waals surface area contributed by atoms with Gasteiger partial charge in [0.15, 0.2) is 5.84 Å². The van der Waals surface area contributed by atoms with E-state index in [0.29, 0.717) is 16.4 Å². The number of nitrogens with zero attached hydrogens (tertiary/aromatic N) is 6. The molecule has 2 unspecified atom stereocenters. The molecule has 11 heteroatoms. The summed E-state index contributed by atoms with van der Waals surface area (Å²) in [5.41, 5.74) is 8.46. The van der Waals surface area contributed by atoms with Crippen molar-refractivity contribution in [1.29, 1.82) is 5.41 Å². The molecule has 0 spiro atoms. The quantitative estimate of drug-likeness (QED) is 0.350. The van der Waals surface area contributed by atoms with Gasteiger partial charge in [-0.3, -0.25) is 20.2 Å². The van der Waals surface area contributed by atoms with Crippen molar-refractivity contribution in [2.45, 2.75) is 44.7 Å². The molecule has 3 aromatic heterocycles. The molecule has 178 valence electrons. The van der Waals surface area contributed by atoms with Crippen molar-refractivity contribution < 1.29 is 4.79 Å². The largest absolute Gasteiger partial charge is 0.382 e. The molecule has 0 aliphatic heterocycles. The molecular weight excluding hydrogens is 454 g/mol. The molecule has 2 atom stereocenters. The van der Waals surface area contributed by atoms with Gasteiger partial charge < -0.3 is 20.5 Å². The number of anilines is 1. The van der Waals surface area contributed by atoms with Crippen molar-refractivity contribution in [2.75, 3.05) is 18.5 Å². The number of fused-ring (bicyclic) bond motifs is 1. The number of carbonyl (C=O) groups is 1. The van der Waals surface area contributed by atoms with Crippen LogP contribution in [-0.4, -0.2) is 57.2 Å². The molecule has 34 heavy (non-hydrogen) atoms. The minimum Gasteiger partial charge on any atom is -0.382 e. The summed E-state index contributed by atoms with van der Waals surface area (Å²) < 4.78 is 2.22. The van der Waals surface area contributed by atoms with E-state index in [0.717, 1.165) is 55.5 Å². The highest BCUT2D eigenvalue weighted by Crippen LogP contribution is 2.35. The van der Waals surface area contributed by atoms with Gasteiger partial charge in [-0.25, -0.2) is 9.98 Å². The summed E-state index contributed by atoms with van der Waals surface area (Å²) in [4.78, 5) is 32.1. The highest BCUT2D eigenvalue weighted by Gasteiger charge is 2.29. The van der Waals surface area contributed by atoms with E-state index in [-0.39, 0.29) is 23.8 Å². The predicted octanol–water partition coefficient (Wildman–Crippen LogP) is 3.16. The second-order valence-corrected chi connectivity index (χ2v) is 8.78. The molecule has 0 radical (unpaired) electrons. The van der Waals surface area contributed by atoms with E-state index in [2.05, 4.69) is 36.7 Å². The summed E-state index contributed by atoms with van der Waals surface area (Å²) in [5, 5.41) is 10.8. The third-order valence-electron chi connectivity index (χ3n) is 6.14. The zero-order valence-corrected chi connectivity index (χ0v) is 20.0. The number of aromatic nitrogens is 4. The molecule has 0 bridgehead atoms. The molecule has 1 saturated carbocycles. The second-order valence-electron chi connectivity index (χ2n) is 8.35. The van der Waals surface area contributed by atoms with Gasteiger partial charge in [0.2, 0.25) is 5.95 Å². The summed E-state index contributed by atoms with van der Waals surface area (Å²) in [6.07, 6.45) is 7.68. The Hall–Kier alpha value is -3.53. The number of amidine groups is 1. The van der Waals surface area contributed by atoms with Crippen LogP contribution >= 0.6 is 11.6 Å². The van der Waals surface area contributed by atoms with Crippen LogP contribution in [0.5, 0.6) is 0 Å². The Kier molecular flexibility index (Phi) is 7.06. The molecule has 1 aliphatic carbocycles. The zero-order chi connectivity index (χ0) is 24.2. The molecule has 1 amide bonds. The van der Waals surface area contributed by atoms with Crippen LogP contribution in [0.4, 0.5) is 5.95 Å². The molecule has 3 heterocycles. The van der Waals surface area contributed by atoms with Crippen LogP contribution in [0, 0.1) is 5.41 Å². The molecule has 1 aliphatic rings. The van der Waals surface area contributed by atoms with Crippen LogP contribution in [-0.2, 0) is 0 Å². The predicted molar refractivity (Wildman–Crippen MR) is 134 cm³/mol. The van der Waals surface area contributed by atoms with Gasteiger partial charge in [-0.15, -0.1) is 0 Å². The third kappa shape index (κ3) is 4.86. The monoisotopic (exact) mass is 481 g/mol. The average molecular weight is 482 g/mol. The first-order valence-electron chi connectivity index (χ1n) is 11.2. The summed E-state index contributed by atoms with van der Waals surface area (Å²) in [7, 11) is 2.00. The smallest absolute Gasteiger partial charge is 0.270 e. The number of pyridine rings is 2. The fourth-order valence-electron chi connectivity index (χ4n) is 4.35. The van der Waals surface area contributed by atoms with E-state index in [9.17, 15) is 4.79 Å². The molecule has 0 aromatic carbocycles. The Morgan fingerprint density at radius 3 is 2.94 bits per heavy atom. The van der Waals surface area contributed by atoms with E-state index < -0.39 is 0 Å². The van der Waals surface area contributed by atoms with Gasteiger partial charge in [0, 0.05) is 36.9 Å². The number of aliphatic imine (C=N–C) groups is 1. The number of rotatable bonds is 7. The average Bonchev–Trinajstić information content (AvgIpc) is 3.22. The molecule has 1 fully saturated rings. The number of nitrogens with two attached hydrogens (primary N) is 1. The summed E-state index contributed by atoms with van der Waals surface area (Å²) in [6.45, 7) is 2.86. The van der Waals surface area contributed by atoms with Crippen molar-refractivity contribution in [3.05, 3.63) is 47.0 Å². The second kappa shape index (κ2) is 10.2. The van der Waals surface area contributed by atoms with Gasteiger partial charge in [0.25, 0.3) is 5.91 Å². The van der Waals surface area contributed by atoms with E-state index in [1.165, 1.54) is 6.20 Å². The Bertz CT molecular complexity index is 1240. The maximum absolute atomic E-state index is 12.8. The minimum absolute atomic E-state index is 0.00452. The maximum Gasteiger partial charge on any atom is 0.270 e. The lowest BCUT2D eigenvalue weighted by Crippen LogP contribution is -2.39. The Morgan fingerprint density at radius 2 is 2.21 bits per heavy atom. The molecule has 4 N–H and O–H groups in total. The van der Waals surface area contributed by atoms with Crippen molar-refractivity contribution in [3.8, 4) is 0 Å². The first-order chi connectivity index (χ1) is 16.4. The van der Waals surface area contributed by atoms with E-state index in [1.54, 1.807) is 18.3 Å². The lowest BCUT2D eigenvalue weighted by molar-refractivity contribution is 0.0916. The highest BCUT2D eigenvalue weighted by molar-refractivity contribution is 6.30. The SMILES string of the molecule is CCN(C)c1nc2cnc(C(N)=NC=N)cc2n1C1CCCC(NC(=O)c2cc(Cl)ccn2)C1. The van der Waals surface area contributed by atoms with Crippen LogP contribution < -0.4 is 16.0 Å². The van der Waals surface area contributed by atoms with Gasteiger partial charge in [-0.2, -0.15) is 0 Å². The summed E-state index contributed by atoms with van der Waals surface area (Å²) in [6, 6.07) is 5.21. The Balaban J connectivity index is 1.66. The van der Waals surface area contributed by atoms with E-state index in [1.807, 2.05) is 13.1 Å². The number of carbonyl (C=O) groups excluding carboxylic acids is 1. The van der Waals surface area contributed by atoms with Crippen LogP contribution in [0.3, 0.4) is 0 Å². The van der Waals surface area contributed by atoms with Gasteiger partial charge in [0.05, 0.1) is 11.7 Å². The number of hydrogen-bond donors (Lipinski definition) is 3. The topological polar surface area (TPSA) is 138 Å². The highest BCUT2D eigenvalue weighted by atomic mass is 35.5. The normalized spacial score (nSPS) is 18.6. The first-order valence-corrected chi connectivity index (χ1v) is 11.6. The zero-order valence-electron chi connectivity index (χ0n) is 19.2. The number of imidazole rings is 1. The fraction of sp³-hybridized carbons (Fsp3) is 0.391. The molecule has 10 nitrogen and oxygen atoms in total. The van der Waals surface area contributed by atoms with Crippen LogP contribution in [0.1, 0.15) is 54.8 Å².